The van der Waals surface area contributed by atoms with Gasteiger partial charge in [-0.2, -0.15) is 5.26 Å². The number of nitrogens with zero attached hydrogens (tertiary/aromatic N) is 2. The summed E-state index contributed by atoms with van der Waals surface area (Å²) in [4.78, 5) is 27.0. The Hall–Kier alpha value is -3.70. The highest BCUT2D eigenvalue weighted by molar-refractivity contribution is 7.80. The average molecular weight is 421 g/mol. The van der Waals surface area contributed by atoms with Crippen LogP contribution in [0.3, 0.4) is 0 Å². The minimum Gasteiger partial charge on any atom is -0.493 e. The fourth-order valence-electron chi connectivity index (χ4n) is 3.14. The van der Waals surface area contributed by atoms with Crippen LogP contribution in [0.5, 0.6) is 11.5 Å². The predicted molar refractivity (Wildman–Crippen MR) is 116 cm³/mol. The van der Waals surface area contributed by atoms with Gasteiger partial charge >= 0.3 is 0 Å². The number of hydrogen-bond donors (Lipinski definition) is 1. The minimum atomic E-state index is -0.575. The SMILES string of the molecule is COc1cc(/C=C2\C(=O)NC(=S)N(c3cc(C)cc(C)c3)C2=O)ccc1OCC#N. The van der Waals surface area contributed by atoms with Gasteiger partial charge in [-0.05, 0) is 73.1 Å². The number of rotatable bonds is 5. The third kappa shape index (κ3) is 4.31. The monoisotopic (exact) mass is 421 g/mol. The standard InChI is InChI=1S/C22H19N3O4S/c1-13-8-14(2)10-16(9-13)25-21(27)17(20(26)24-22(25)30)11-15-4-5-18(29-7-6-23)19(12-15)28-3/h4-5,8-12H,7H2,1-3H3,(H,24,26,30)/b17-11+. The number of hydrogen-bond acceptors (Lipinski definition) is 6. The summed E-state index contributed by atoms with van der Waals surface area (Å²) in [6.07, 6.45) is 1.46. The van der Waals surface area contributed by atoms with Gasteiger partial charge in [0.15, 0.2) is 23.2 Å². The van der Waals surface area contributed by atoms with Crippen LogP contribution in [0, 0.1) is 25.2 Å². The molecule has 152 valence electrons. The number of nitrogens with one attached hydrogen (secondary N) is 1. The van der Waals surface area contributed by atoms with Crippen LogP contribution < -0.4 is 19.7 Å². The Morgan fingerprint density at radius 1 is 1.13 bits per heavy atom. The summed E-state index contributed by atoms with van der Waals surface area (Å²) in [5.74, 6) is -0.324. The minimum absolute atomic E-state index is 0.0324. The Morgan fingerprint density at radius 2 is 1.83 bits per heavy atom. The third-order valence-corrected chi connectivity index (χ3v) is 4.64. The Balaban J connectivity index is 1.99. The lowest BCUT2D eigenvalue weighted by molar-refractivity contribution is -0.122. The van der Waals surface area contributed by atoms with Gasteiger partial charge in [0.1, 0.15) is 11.6 Å². The number of aryl methyl sites for hydroxylation is 2. The van der Waals surface area contributed by atoms with Crippen molar-refractivity contribution in [3.05, 3.63) is 58.7 Å². The molecule has 1 aliphatic heterocycles. The summed E-state index contributed by atoms with van der Waals surface area (Å²) in [6, 6.07) is 12.4. The average Bonchev–Trinajstić information content (AvgIpc) is 2.69. The number of benzene rings is 2. The fourth-order valence-corrected chi connectivity index (χ4v) is 3.42. The number of amides is 2. The van der Waals surface area contributed by atoms with Crippen molar-refractivity contribution in [2.24, 2.45) is 0 Å². The molecule has 1 saturated heterocycles. The van der Waals surface area contributed by atoms with Crippen molar-refractivity contribution in [2.45, 2.75) is 13.8 Å². The van der Waals surface area contributed by atoms with Crippen LogP contribution in [-0.2, 0) is 9.59 Å². The van der Waals surface area contributed by atoms with Crippen LogP contribution >= 0.6 is 12.2 Å². The third-order valence-electron chi connectivity index (χ3n) is 4.36. The van der Waals surface area contributed by atoms with E-state index in [2.05, 4.69) is 5.32 Å². The molecule has 1 fully saturated rings. The first-order chi connectivity index (χ1) is 14.3. The first-order valence-electron chi connectivity index (χ1n) is 9.01. The van der Waals surface area contributed by atoms with E-state index in [9.17, 15) is 9.59 Å². The number of ether oxygens (including phenoxy) is 2. The molecule has 30 heavy (non-hydrogen) atoms. The molecule has 2 aromatic carbocycles. The molecule has 0 atom stereocenters. The van der Waals surface area contributed by atoms with E-state index in [1.807, 2.05) is 38.1 Å². The quantitative estimate of drug-likeness (QED) is 0.453. The van der Waals surface area contributed by atoms with E-state index in [4.69, 9.17) is 27.0 Å². The second-order valence-corrected chi connectivity index (χ2v) is 7.05. The van der Waals surface area contributed by atoms with E-state index in [1.165, 1.54) is 18.1 Å². The van der Waals surface area contributed by atoms with Gasteiger partial charge in [0.25, 0.3) is 11.8 Å². The maximum atomic E-state index is 13.2. The largest absolute Gasteiger partial charge is 0.493 e. The molecule has 8 heteroatoms. The molecule has 0 spiro atoms. The van der Waals surface area contributed by atoms with Crippen molar-refractivity contribution in [1.82, 2.24) is 5.32 Å². The highest BCUT2D eigenvalue weighted by Gasteiger charge is 2.34. The Bertz CT molecular complexity index is 1100. The van der Waals surface area contributed by atoms with E-state index >= 15 is 0 Å². The van der Waals surface area contributed by atoms with Gasteiger partial charge in [-0.15, -0.1) is 0 Å². The number of thiocarbonyl (C=S) groups is 1. The Morgan fingerprint density at radius 3 is 2.47 bits per heavy atom. The van der Waals surface area contributed by atoms with Crippen LogP contribution in [0.25, 0.3) is 6.08 Å². The van der Waals surface area contributed by atoms with Crippen molar-refractivity contribution in [3.8, 4) is 17.6 Å². The van der Waals surface area contributed by atoms with Gasteiger partial charge in [-0.3, -0.25) is 19.8 Å². The fraction of sp³-hybridized carbons (Fsp3) is 0.182. The molecule has 1 heterocycles. The number of nitriles is 1. The number of carbonyl (C=O) groups excluding carboxylic acids is 2. The van der Waals surface area contributed by atoms with Crippen molar-refractivity contribution in [1.29, 1.82) is 5.26 Å². The van der Waals surface area contributed by atoms with Crippen LogP contribution in [0.4, 0.5) is 5.69 Å². The van der Waals surface area contributed by atoms with Gasteiger partial charge in [-0.25, -0.2) is 0 Å². The number of carbonyl (C=O) groups is 2. The molecular formula is C22H19N3O4S. The van der Waals surface area contributed by atoms with Gasteiger partial charge in [0.2, 0.25) is 0 Å². The molecule has 0 radical (unpaired) electrons. The summed E-state index contributed by atoms with van der Waals surface area (Å²) >= 11 is 5.25. The molecule has 7 nitrogen and oxygen atoms in total. The summed E-state index contributed by atoms with van der Waals surface area (Å²) in [7, 11) is 1.46. The molecule has 0 saturated carbocycles. The molecule has 3 rings (SSSR count). The second kappa shape index (κ2) is 8.76. The topological polar surface area (TPSA) is 91.7 Å². The molecule has 2 amide bonds. The molecular weight excluding hydrogens is 402 g/mol. The second-order valence-electron chi connectivity index (χ2n) is 6.66. The van der Waals surface area contributed by atoms with E-state index in [-0.39, 0.29) is 17.3 Å². The molecule has 1 aliphatic rings. The molecule has 0 aliphatic carbocycles. The Labute approximate surface area is 179 Å². The van der Waals surface area contributed by atoms with Crippen molar-refractivity contribution < 1.29 is 19.1 Å². The van der Waals surface area contributed by atoms with Crippen molar-refractivity contribution >= 4 is 40.9 Å². The summed E-state index contributed by atoms with van der Waals surface area (Å²) < 4.78 is 10.6. The molecule has 2 aromatic rings. The Kier molecular flexibility index (Phi) is 6.14. The van der Waals surface area contributed by atoms with Crippen molar-refractivity contribution in [3.63, 3.8) is 0 Å². The molecule has 1 N–H and O–H groups in total. The zero-order chi connectivity index (χ0) is 21.8. The van der Waals surface area contributed by atoms with Crippen LogP contribution in [0.2, 0.25) is 0 Å². The van der Waals surface area contributed by atoms with Crippen molar-refractivity contribution in [2.75, 3.05) is 18.6 Å². The lowest BCUT2D eigenvalue weighted by atomic mass is 10.1. The van der Waals surface area contributed by atoms with E-state index < -0.39 is 11.8 Å². The zero-order valence-electron chi connectivity index (χ0n) is 16.7. The van der Waals surface area contributed by atoms with Crippen LogP contribution in [0.15, 0.2) is 42.0 Å². The number of anilines is 1. The maximum Gasteiger partial charge on any atom is 0.270 e. The van der Waals surface area contributed by atoms with E-state index in [0.717, 1.165) is 11.1 Å². The normalized spacial score (nSPS) is 15.1. The summed E-state index contributed by atoms with van der Waals surface area (Å²) in [5, 5.41) is 11.3. The highest BCUT2D eigenvalue weighted by Crippen LogP contribution is 2.30. The highest BCUT2D eigenvalue weighted by atomic mass is 32.1. The van der Waals surface area contributed by atoms with Crippen LogP contribution in [-0.4, -0.2) is 30.6 Å². The molecule has 0 bridgehead atoms. The summed E-state index contributed by atoms with van der Waals surface area (Å²) in [5.41, 5.74) is 3.03. The van der Waals surface area contributed by atoms with Gasteiger partial charge in [0, 0.05) is 0 Å². The molecule has 0 aromatic heterocycles. The first-order valence-corrected chi connectivity index (χ1v) is 9.42. The lowest BCUT2D eigenvalue weighted by Gasteiger charge is -2.29. The van der Waals surface area contributed by atoms with Gasteiger partial charge in [0.05, 0.1) is 12.8 Å². The van der Waals surface area contributed by atoms with Gasteiger partial charge in [-0.1, -0.05) is 12.1 Å². The van der Waals surface area contributed by atoms with Gasteiger partial charge < -0.3 is 9.47 Å². The van der Waals surface area contributed by atoms with E-state index in [1.54, 1.807) is 18.2 Å². The smallest absolute Gasteiger partial charge is 0.270 e. The van der Waals surface area contributed by atoms with Crippen LogP contribution in [0.1, 0.15) is 16.7 Å². The van der Waals surface area contributed by atoms with E-state index in [0.29, 0.717) is 22.7 Å². The summed E-state index contributed by atoms with van der Waals surface area (Å²) in [6.45, 7) is 3.72. The number of methoxy groups -OCH3 is 1. The predicted octanol–water partition coefficient (Wildman–Crippen LogP) is 3.05. The first kappa shape index (κ1) is 21.0. The maximum absolute atomic E-state index is 13.2. The lowest BCUT2D eigenvalue weighted by Crippen LogP contribution is -2.54. The molecule has 0 unspecified atom stereocenters. The zero-order valence-corrected chi connectivity index (χ0v) is 17.5.